The van der Waals surface area contributed by atoms with Gasteiger partial charge in [-0.05, 0) is 31.2 Å². The number of aliphatic hydroxyl groups excluding tert-OH is 1. The maximum Gasteiger partial charge on any atom is 0.154 e. The van der Waals surface area contributed by atoms with Crippen LogP contribution in [-0.4, -0.2) is 32.4 Å². The summed E-state index contributed by atoms with van der Waals surface area (Å²) in [6, 6.07) is 13.0. The fraction of sp³-hybridized carbons (Fsp3) is 0.188. The molecule has 0 aliphatic carbocycles. The zero-order chi connectivity index (χ0) is 15.5. The topological polar surface area (TPSA) is 86.2 Å². The van der Waals surface area contributed by atoms with Gasteiger partial charge in [0.25, 0.3) is 0 Å². The molecule has 2 aromatic heterocycles. The Morgan fingerprint density at radius 2 is 2.05 bits per heavy atom. The number of hydrogen-bond donors (Lipinski definition) is 2. The van der Waals surface area contributed by atoms with Crippen LogP contribution in [-0.2, 0) is 0 Å². The first-order chi connectivity index (χ1) is 10.7. The Hall–Kier alpha value is -2.91. The Morgan fingerprint density at radius 3 is 2.73 bits per heavy atom. The highest BCUT2D eigenvalue weighted by Crippen LogP contribution is 2.21. The van der Waals surface area contributed by atoms with E-state index in [1.165, 1.54) is 0 Å². The van der Waals surface area contributed by atoms with Crippen molar-refractivity contribution in [2.24, 2.45) is 0 Å². The van der Waals surface area contributed by atoms with Crippen molar-refractivity contribution in [3.8, 4) is 17.3 Å². The van der Waals surface area contributed by atoms with Crippen molar-refractivity contribution < 1.29 is 5.11 Å². The van der Waals surface area contributed by atoms with Gasteiger partial charge >= 0.3 is 0 Å². The molecule has 0 radical (unpaired) electrons. The third kappa shape index (κ3) is 2.62. The summed E-state index contributed by atoms with van der Waals surface area (Å²) < 4.78 is 1.74. The van der Waals surface area contributed by atoms with Gasteiger partial charge in [0.15, 0.2) is 5.65 Å². The average molecular weight is 293 g/mol. The summed E-state index contributed by atoms with van der Waals surface area (Å²) in [5.41, 5.74) is 3.14. The van der Waals surface area contributed by atoms with Gasteiger partial charge in [-0.3, -0.25) is 0 Å². The van der Waals surface area contributed by atoms with Gasteiger partial charge in [-0.25, -0.2) is 9.50 Å². The quantitative estimate of drug-likeness (QED) is 0.769. The number of aromatic nitrogens is 3. The Balaban J connectivity index is 2.02. The van der Waals surface area contributed by atoms with E-state index >= 15 is 0 Å². The smallest absolute Gasteiger partial charge is 0.154 e. The molecule has 0 fully saturated rings. The van der Waals surface area contributed by atoms with Crippen LogP contribution in [0, 0.1) is 11.3 Å². The fourth-order valence-electron chi connectivity index (χ4n) is 2.16. The van der Waals surface area contributed by atoms with Gasteiger partial charge in [0.05, 0.1) is 30.1 Å². The number of anilines is 1. The van der Waals surface area contributed by atoms with E-state index in [1.807, 2.05) is 31.2 Å². The molecule has 3 rings (SSSR count). The Kier molecular flexibility index (Phi) is 3.73. The maximum absolute atomic E-state index is 9.12. The van der Waals surface area contributed by atoms with Crippen LogP contribution in [0.2, 0.25) is 0 Å². The SMILES string of the molecule is C[C@H](CO)Nc1ccc2ncc(-c3ccc(C#N)cc3)n2n1. The molecule has 0 saturated heterocycles. The van der Waals surface area contributed by atoms with Crippen LogP contribution >= 0.6 is 0 Å². The second-order valence-electron chi connectivity index (χ2n) is 5.05. The number of nitrogens with zero attached hydrogens (tertiary/aromatic N) is 4. The van der Waals surface area contributed by atoms with Crippen molar-refractivity contribution >= 4 is 11.5 Å². The Labute approximate surface area is 127 Å². The summed E-state index contributed by atoms with van der Waals surface area (Å²) in [6.07, 6.45) is 1.75. The number of fused-ring (bicyclic) bond motifs is 1. The molecule has 2 heterocycles. The molecule has 0 saturated carbocycles. The predicted octanol–water partition coefficient (Wildman–Crippen LogP) is 2.06. The molecule has 6 heteroatoms. The maximum atomic E-state index is 9.12. The Morgan fingerprint density at radius 1 is 1.27 bits per heavy atom. The van der Waals surface area contributed by atoms with Crippen LogP contribution in [0.25, 0.3) is 16.9 Å². The highest BCUT2D eigenvalue weighted by molar-refractivity contribution is 5.64. The summed E-state index contributed by atoms with van der Waals surface area (Å²) in [6.45, 7) is 1.91. The lowest BCUT2D eigenvalue weighted by Gasteiger charge is -2.11. The molecule has 22 heavy (non-hydrogen) atoms. The molecule has 2 N–H and O–H groups in total. The number of imidazole rings is 1. The van der Waals surface area contributed by atoms with Crippen LogP contribution in [0.4, 0.5) is 5.82 Å². The molecule has 0 unspecified atom stereocenters. The van der Waals surface area contributed by atoms with Crippen molar-refractivity contribution in [3.05, 3.63) is 48.2 Å². The Bertz CT molecular complexity index is 832. The summed E-state index contributed by atoms with van der Waals surface area (Å²) in [5.74, 6) is 0.668. The van der Waals surface area contributed by atoms with Gasteiger partial charge in [-0.1, -0.05) is 12.1 Å². The lowest BCUT2D eigenvalue weighted by Crippen LogP contribution is -2.20. The lowest BCUT2D eigenvalue weighted by atomic mass is 10.1. The first-order valence-electron chi connectivity index (χ1n) is 6.94. The highest BCUT2D eigenvalue weighted by Gasteiger charge is 2.09. The van der Waals surface area contributed by atoms with Crippen LogP contribution in [0.3, 0.4) is 0 Å². The normalized spacial score (nSPS) is 12.0. The minimum Gasteiger partial charge on any atom is -0.394 e. The molecular formula is C16H15N5O. The molecule has 3 aromatic rings. The standard InChI is InChI=1S/C16H15N5O/c1-11(10-22)19-15-6-7-16-18-9-14(21(16)20-15)13-4-2-12(8-17)3-5-13/h2-7,9,11,22H,10H2,1H3,(H,19,20)/t11-/m1/s1. The summed E-state index contributed by atoms with van der Waals surface area (Å²) >= 11 is 0. The van der Waals surface area contributed by atoms with Crippen LogP contribution in [0.5, 0.6) is 0 Å². The molecular weight excluding hydrogens is 278 g/mol. The molecule has 0 spiro atoms. The van der Waals surface area contributed by atoms with Crippen molar-refractivity contribution in [3.63, 3.8) is 0 Å². The third-order valence-electron chi connectivity index (χ3n) is 3.34. The number of nitrogens with one attached hydrogen (secondary N) is 1. The molecule has 0 aliphatic heterocycles. The first kappa shape index (κ1) is 14.0. The van der Waals surface area contributed by atoms with Crippen LogP contribution in [0.1, 0.15) is 12.5 Å². The number of hydrogen-bond acceptors (Lipinski definition) is 5. The van der Waals surface area contributed by atoms with E-state index in [0.29, 0.717) is 11.4 Å². The van der Waals surface area contributed by atoms with Crippen molar-refractivity contribution in [2.45, 2.75) is 13.0 Å². The van der Waals surface area contributed by atoms with E-state index in [2.05, 4.69) is 21.5 Å². The van der Waals surface area contributed by atoms with E-state index in [4.69, 9.17) is 10.4 Å². The van der Waals surface area contributed by atoms with Gasteiger partial charge in [-0.2, -0.15) is 5.26 Å². The zero-order valence-corrected chi connectivity index (χ0v) is 12.1. The first-order valence-corrected chi connectivity index (χ1v) is 6.94. The number of rotatable bonds is 4. The third-order valence-corrected chi connectivity index (χ3v) is 3.34. The minimum absolute atomic E-state index is 0.0339. The summed E-state index contributed by atoms with van der Waals surface area (Å²) in [5, 5.41) is 25.6. The van der Waals surface area contributed by atoms with Gasteiger partial charge < -0.3 is 10.4 Å². The molecule has 1 aromatic carbocycles. The van der Waals surface area contributed by atoms with E-state index in [9.17, 15) is 0 Å². The van der Waals surface area contributed by atoms with Gasteiger partial charge in [0.2, 0.25) is 0 Å². The van der Waals surface area contributed by atoms with E-state index < -0.39 is 0 Å². The zero-order valence-electron chi connectivity index (χ0n) is 12.1. The van der Waals surface area contributed by atoms with Crippen molar-refractivity contribution in [2.75, 3.05) is 11.9 Å². The lowest BCUT2D eigenvalue weighted by molar-refractivity contribution is 0.281. The number of aliphatic hydroxyl groups is 1. The van der Waals surface area contributed by atoms with Crippen molar-refractivity contribution in [1.29, 1.82) is 5.26 Å². The molecule has 1 atom stereocenters. The van der Waals surface area contributed by atoms with Gasteiger partial charge in [0.1, 0.15) is 5.82 Å². The van der Waals surface area contributed by atoms with E-state index in [-0.39, 0.29) is 12.6 Å². The van der Waals surface area contributed by atoms with Gasteiger partial charge in [-0.15, -0.1) is 5.10 Å². The predicted molar refractivity (Wildman–Crippen MR) is 83.3 cm³/mol. The summed E-state index contributed by atoms with van der Waals surface area (Å²) in [4.78, 5) is 4.34. The number of nitriles is 1. The largest absolute Gasteiger partial charge is 0.394 e. The highest BCUT2D eigenvalue weighted by atomic mass is 16.3. The molecule has 0 amide bonds. The molecule has 0 aliphatic rings. The number of benzene rings is 1. The van der Waals surface area contributed by atoms with E-state index in [0.717, 1.165) is 16.9 Å². The summed E-state index contributed by atoms with van der Waals surface area (Å²) in [7, 11) is 0. The minimum atomic E-state index is -0.0770. The average Bonchev–Trinajstić information content (AvgIpc) is 2.98. The second kappa shape index (κ2) is 5.84. The molecule has 6 nitrogen and oxygen atoms in total. The van der Waals surface area contributed by atoms with Crippen molar-refractivity contribution in [1.82, 2.24) is 14.6 Å². The van der Waals surface area contributed by atoms with Crippen LogP contribution in [0.15, 0.2) is 42.6 Å². The van der Waals surface area contributed by atoms with Crippen LogP contribution < -0.4 is 5.32 Å². The molecule has 0 bridgehead atoms. The fourth-order valence-corrected chi connectivity index (χ4v) is 2.16. The molecule has 110 valence electrons. The monoisotopic (exact) mass is 293 g/mol. The van der Waals surface area contributed by atoms with Gasteiger partial charge in [0, 0.05) is 11.6 Å². The van der Waals surface area contributed by atoms with E-state index in [1.54, 1.807) is 22.8 Å². The second-order valence-corrected chi connectivity index (χ2v) is 5.05.